The Morgan fingerprint density at radius 3 is 1.51 bits per heavy atom. The zero-order chi connectivity index (χ0) is 52.8. The predicted octanol–water partition coefficient (Wildman–Crippen LogP) is 1.45. The average Bonchev–Trinajstić information content (AvgIpc) is 3.46. The minimum absolute atomic E-state index is 0. The molecule has 75 heavy (non-hydrogen) atoms. The number of nitrogens with one attached hydrogen (secondary N) is 1. The Hall–Kier alpha value is -5.06. The SMILES string of the molecule is COC(=O)c1ccc2nc(Cl)c(-c3ccc(F)cc3)nc2c1.COC(=O)c1ccc2nc(N3CCN(c4ccccn4)CC3)c(-c3ccc(F)cc3)nc2c1.O=CO[O-].[2H]CF.[H-].[K+].[K+].c1ccc(N2CCNCC2)nc1. The van der Waals surface area contributed by atoms with Gasteiger partial charge < -0.3 is 41.1 Å². The number of fused-ring (bicyclic) bond motifs is 2. The van der Waals surface area contributed by atoms with Gasteiger partial charge in [-0.25, -0.2) is 48.3 Å². The van der Waals surface area contributed by atoms with Crippen LogP contribution in [0.15, 0.2) is 134 Å². The fraction of sp³-hybridized carbons (Fsp3) is 0.212. The van der Waals surface area contributed by atoms with Crippen molar-refractivity contribution in [2.75, 3.05) is 88.4 Å². The summed E-state index contributed by atoms with van der Waals surface area (Å²) in [6, 6.07) is 33.9. The second kappa shape index (κ2) is 32.5. The van der Waals surface area contributed by atoms with E-state index in [0.717, 1.165) is 75.4 Å². The maximum Gasteiger partial charge on any atom is 1.00 e. The van der Waals surface area contributed by atoms with Crippen LogP contribution in [0.25, 0.3) is 44.6 Å². The first kappa shape index (κ1) is 60.8. The summed E-state index contributed by atoms with van der Waals surface area (Å²) in [5.74, 6) is 1.24. The quantitative estimate of drug-likeness (QED) is 0.0753. The molecule has 2 aliphatic rings. The van der Waals surface area contributed by atoms with Crippen LogP contribution in [0.5, 0.6) is 0 Å². The van der Waals surface area contributed by atoms with Gasteiger partial charge in [-0.15, -0.1) is 0 Å². The Labute approximate surface area is 523 Å². The number of carbonyl (C=O) groups excluding carboxylic acids is 3. The number of methoxy groups -OCH3 is 2. The Morgan fingerprint density at radius 2 is 1.07 bits per heavy atom. The fourth-order valence-corrected chi connectivity index (χ4v) is 7.75. The van der Waals surface area contributed by atoms with Gasteiger partial charge in [0, 0.05) is 75.9 Å². The number of rotatable bonds is 8. The predicted molar refractivity (Wildman–Crippen MR) is 271 cm³/mol. The number of esters is 2. The summed E-state index contributed by atoms with van der Waals surface area (Å²) >= 11 is 6.15. The average molecular weight is 1100 g/mol. The van der Waals surface area contributed by atoms with Crippen LogP contribution in [0.3, 0.4) is 0 Å². The number of hydrogen-bond acceptors (Lipinski definition) is 17. The molecule has 380 valence electrons. The number of ether oxygens (including phenoxy) is 2. The third-order valence-electron chi connectivity index (χ3n) is 11.0. The summed E-state index contributed by atoms with van der Waals surface area (Å²) in [6.07, 6.45) is 3.64. The smallest absolute Gasteiger partial charge is 1.00 e. The van der Waals surface area contributed by atoms with Crippen LogP contribution >= 0.6 is 11.6 Å². The number of piperazine rings is 2. The normalized spacial score (nSPS) is 12.6. The first-order valence-corrected chi connectivity index (χ1v) is 22.7. The van der Waals surface area contributed by atoms with Crippen molar-refractivity contribution in [2.45, 2.75) is 0 Å². The maximum absolute atomic E-state index is 13.6. The van der Waals surface area contributed by atoms with E-state index in [9.17, 15) is 22.8 Å². The van der Waals surface area contributed by atoms with Gasteiger partial charge in [0.2, 0.25) is 0 Å². The van der Waals surface area contributed by atoms with Crippen molar-refractivity contribution in [2.24, 2.45) is 0 Å². The van der Waals surface area contributed by atoms with Gasteiger partial charge in [0.05, 0.1) is 55.9 Å². The van der Waals surface area contributed by atoms with Crippen LogP contribution in [-0.2, 0) is 19.2 Å². The summed E-state index contributed by atoms with van der Waals surface area (Å²) in [7, 11) is 1.65. The molecule has 4 aromatic carbocycles. The van der Waals surface area contributed by atoms with Gasteiger partial charge in [0.25, 0.3) is 6.47 Å². The molecule has 0 radical (unpaired) electrons. The van der Waals surface area contributed by atoms with Crippen LogP contribution in [0.1, 0.15) is 23.5 Å². The zero-order valence-electron chi connectivity index (χ0n) is 43.5. The van der Waals surface area contributed by atoms with Gasteiger partial charge in [-0.05, 0) is 109 Å². The molecule has 2 saturated heterocycles. The summed E-state index contributed by atoms with van der Waals surface area (Å²) in [4.78, 5) is 68.7. The molecule has 10 rings (SSSR count). The van der Waals surface area contributed by atoms with Gasteiger partial charge >= 0.3 is 115 Å². The number of halogens is 4. The summed E-state index contributed by atoms with van der Waals surface area (Å²) in [5, 5.41) is 12.0. The number of nitrogens with zero attached hydrogens (tertiary/aromatic N) is 9. The number of aromatic nitrogens is 6. The van der Waals surface area contributed by atoms with Gasteiger partial charge in [0.1, 0.15) is 34.7 Å². The number of alkyl halides is 1. The third-order valence-corrected chi connectivity index (χ3v) is 11.3. The number of carbonyl (C=O) groups is 3. The van der Waals surface area contributed by atoms with Crippen LogP contribution in [-0.4, -0.2) is 122 Å². The molecule has 8 aromatic rings. The van der Waals surface area contributed by atoms with E-state index in [-0.39, 0.29) is 127 Å². The third kappa shape index (κ3) is 17.7. The molecule has 0 aliphatic carbocycles. The Bertz CT molecular complexity index is 3090. The molecule has 0 spiro atoms. The topological polar surface area (TPSA) is 201 Å². The molecule has 2 fully saturated rings. The summed E-state index contributed by atoms with van der Waals surface area (Å²) < 4.78 is 51.6. The molecule has 0 saturated carbocycles. The van der Waals surface area contributed by atoms with Crippen molar-refractivity contribution in [3.05, 3.63) is 162 Å². The van der Waals surface area contributed by atoms with E-state index in [1.165, 1.54) is 38.5 Å². The molecule has 0 atom stereocenters. The van der Waals surface area contributed by atoms with Gasteiger partial charge in [-0.3, -0.25) is 9.18 Å². The number of pyridine rings is 2. The molecule has 0 amide bonds. The van der Waals surface area contributed by atoms with Crippen molar-refractivity contribution in [3.8, 4) is 22.5 Å². The van der Waals surface area contributed by atoms with E-state index < -0.39 is 19.1 Å². The molecule has 23 heteroatoms. The van der Waals surface area contributed by atoms with Crippen molar-refractivity contribution in [1.29, 1.82) is 0 Å². The van der Waals surface area contributed by atoms with Crippen LogP contribution in [0, 0.1) is 11.6 Å². The van der Waals surface area contributed by atoms with Gasteiger partial charge in [0.15, 0.2) is 11.0 Å². The zero-order valence-corrected chi connectivity index (χ0v) is 48.5. The van der Waals surface area contributed by atoms with E-state index in [4.69, 9.17) is 37.7 Å². The van der Waals surface area contributed by atoms with Crippen LogP contribution < -0.4 is 128 Å². The summed E-state index contributed by atoms with van der Waals surface area (Å²) in [5.41, 5.74) is 5.57. The van der Waals surface area contributed by atoms with Crippen molar-refractivity contribution in [1.82, 2.24) is 35.2 Å². The van der Waals surface area contributed by atoms with Gasteiger partial charge in [-0.1, -0.05) is 23.7 Å². The number of benzene rings is 4. The molecule has 6 heterocycles. The van der Waals surface area contributed by atoms with Crippen LogP contribution in [0.4, 0.5) is 30.6 Å². The maximum atomic E-state index is 13.6. The molecule has 17 nitrogen and oxygen atoms in total. The van der Waals surface area contributed by atoms with E-state index in [0.29, 0.717) is 50.1 Å². The number of anilines is 3. The first-order valence-electron chi connectivity index (χ1n) is 23.0. The molecule has 4 aromatic heterocycles. The van der Waals surface area contributed by atoms with E-state index in [2.05, 4.69) is 55.6 Å². The monoisotopic (exact) mass is 1100 g/mol. The Morgan fingerprint density at radius 1 is 0.640 bits per heavy atom. The molecule has 2 aliphatic heterocycles. The van der Waals surface area contributed by atoms with Crippen molar-refractivity contribution >= 4 is 69.5 Å². The molecule has 0 bridgehead atoms. The fourth-order valence-electron chi connectivity index (χ4n) is 7.50. The Balaban J connectivity index is 0.000000305. The van der Waals surface area contributed by atoms with Gasteiger partial charge in [-0.2, -0.15) is 0 Å². The number of hydrogen-bond donors (Lipinski definition) is 1. The largest absolute Gasteiger partial charge is 1.00 e. The van der Waals surface area contributed by atoms with E-state index >= 15 is 0 Å². The molecular weight excluding hydrogens is 1050 g/mol. The Kier molecular flexibility index (Phi) is 26.4. The second-order valence-corrected chi connectivity index (χ2v) is 15.8. The minimum atomic E-state index is -1.00. The molecule has 0 unspecified atom stereocenters. The van der Waals surface area contributed by atoms with Crippen molar-refractivity contribution in [3.63, 3.8) is 0 Å². The first-order chi connectivity index (χ1) is 36.0. The second-order valence-electron chi connectivity index (χ2n) is 15.4. The minimum Gasteiger partial charge on any atom is -1.00 e. The van der Waals surface area contributed by atoms with Crippen molar-refractivity contribution < 1.29 is 153 Å². The van der Waals surface area contributed by atoms with E-state index in [1.807, 2.05) is 36.5 Å². The summed E-state index contributed by atoms with van der Waals surface area (Å²) in [6.45, 7) is 7.15. The van der Waals surface area contributed by atoms with E-state index in [1.54, 1.807) is 66.9 Å². The molecular formula is C52H50ClF3K2N10O7. The molecule has 1 N–H and O–H groups in total. The standard InChI is InChI=1S/C25H22FN5O2.C16H10ClFN2O2.C9H13N3.CH3F.CH2O3.2K.H/c1-33-25(32)18-7-10-20-21(16-18)28-23(17-5-8-19(26)9-6-17)24(29-20)31-14-12-30(13-15-31)22-4-2-3-11-27-22;1-22-16(21)10-4-7-12-13(8-10)19-14(15(17)20-12)9-2-5-11(18)6-3-9;1-2-4-11-9(3-1)12-7-5-10-6-8-12;1-2;2-1-4-3;;;/h2-11,16H,12-15H2,1H3;2-8H,1H3;1-4,10H,5-8H2;1H3;1,3H;;;/q;;;;;2*+1;-1/p-1/i;;;1D;;;;. The van der Waals surface area contributed by atoms with Crippen LogP contribution in [0.2, 0.25) is 5.15 Å².